The molecule has 0 aliphatic heterocycles. The molecular weight excluding hydrogens is 721 g/mol. The molecule has 5 heteroatoms. The molecule has 274 valence electrons. The highest BCUT2D eigenvalue weighted by atomic mass is 16.3. The van der Waals surface area contributed by atoms with Crippen LogP contribution in [-0.2, 0) is 0 Å². The average molecular weight is 753 g/mol. The highest BCUT2D eigenvalue weighted by Gasteiger charge is 2.24. The number of benzene rings is 9. The van der Waals surface area contributed by atoms with E-state index in [2.05, 4.69) is 191 Å². The SMILES string of the molecule is c1ccc(-c2nc(-c3cc4c5cccc(-n6c7ccccc7c7c8c9ccccc9n(-c9ccccc9)c8ccc76)c5oc4c4ccccc34)nc3ccccc23)cc1. The first kappa shape index (κ1) is 32.1. The monoisotopic (exact) mass is 752 g/mol. The zero-order chi connectivity index (χ0) is 38.6. The van der Waals surface area contributed by atoms with Crippen LogP contribution < -0.4 is 0 Å². The third-order valence-electron chi connectivity index (χ3n) is 12.1. The molecular formula is C54H32N4O. The van der Waals surface area contributed by atoms with Gasteiger partial charge in [-0.05, 0) is 60.0 Å². The Labute approximate surface area is 337 Å². The normalized spacial score (nSPS) is 12.1. The van der Waals surface area contributed by atoms with Crippen molar-refractivity contribution >= 4 is 87.2 Å². The molecule has 0 atom stereocenters. The Morgan fingerprint density at radius 3 is 1.68 bits per heavy atom. The topological polar surface area (TPSA) is 48.8 Å². The van der Waals surface area contributed by atoms with Gasteiger partial charge in [-0.15, -0.1) is 0 Å². The molecule has 9 aromatic carbocycles. The number of aromatic nitrogens is 4. The molecule has 0 amide bonds. The lowest BCUT2D eigenvalue weighted by molar-refractivity contribution is 0.670. The van der Waals surface area contributed by atoms with E-state index in [0.29, 0.717) is 5.82 Å². The second kappa shape index (κ2) is 12.2. The summed E-state index contributed by atoms with van der Waals surface area (Å²) >= 11 is 0. The molecule has 0 N–H and O–H groups in total. The number of rotatable bonds is 4. The van der Waals surface area contributed by atoms with E-state index >= 15 is 0 Å². The summed E-state index contributed by atoms with van der Waals surface area (Å²) < 4.78 is 11.9. The van der Waals surface area contributed by atoms with Crippen molar-refractivity contribution in [3.63, 3.8) is 0 Å². The average Bonchev–Trinajstić information content (AvgIpc) is 3.97. The Morgan fingerprint density at radius 2 is 0.932 bits per heavy atom. The quantitative estimate of drug-likeness (QED) is 0.180. The first-order valence-electron chi connectivity index (χ1n) is 20.0. The van der Waals surface area contributed by atoms with Crippen LogP contribution in [0, 0.1) is 0 Å². The van der Waals surface area contributed by atoms with Crippen molar-refractivity contribution < 1.29 is 4.42 Å². The number of hydrogen-bond donors (Lipinski definition) is 0. The Hall–Kier alpha value is -8.02. The molecule has 0 aliphatic rings. The summed E-state index contributed by atoms with van der Waals surface area (Å²) in [4.78, 5) is 10.5. The third-order valence-corrected chi connectivity index (χ3v) is 12.1. The second-order valence-electron chi connectivity index (χ2n) is 15.3. The fraction of sp³-hybridized carbons (Fsp3) is 0. The molecule has 0 aliphatic carbocycles. The summed E-state index contributed by atoms with van der Waals surface area (Å²) in [5.41, 5.74) is 12.3. The second-order valence-corrected chi connectivity index (χ2v) is 15.3. The standard InChI is InChI=1S/C54H32N4O/c1-3-16-33(17-4-1)51-38-22-9-12-26-43(38)55-54(56-51)42-32-41-37-25-15-29-48(53(37)59-52(41)36-21-8-7-20-35(36)42)58-45-28-14-11-24-40(45)50-47(58)31-30-46-49(50)39-23-10-13-27-44(39)57(46)34-18-5-2-6-19-34/h1-32H. The van der Waals surface area contributed by atoms with Crippen LogP contribution in [0.25, 0.3) is 121 Å². The Kier molecular flexibility index (Phi) is 6.66. The summed E-state index contributed by atoms with van der Waals surface area (Å²) in [5, 5.41) is 10.1. The molecule has 0 bridgehead atoms. The highest BCUT2D eigenvalue weighted by molar-refractivity contribution is 6.29. The molecule has 0 spiro atoms. The molecule has 5 nitrogen and oxygen atoms in total. The summed E-state index contributed by atoms with van der Waals surface area (Å²) in [6.07, 6.45) is 0. The van der Waals surface area contributed by atoms with E-state index < -0.39 is 0 Å². The van der Waals surface area contributed by atoms with E-state index in [1.165, 1.54) is 32.6 Å². The van der Waals surface area contributed by atoms with Gasteiger partial charge in [0.1, 0.15) is 5.58 Å². The smallest absolute Gasteiger partial charge is 0.161 e. The molecule has 0 unspecified atom stereocenters. The van der Waals surface area contributed by atoms with Crippen LogP contribution >= 0.6 is 0 Å². The van der Waals surface area contributed by atoms with Gasteiger partial charge in [-0.2, -0.15) is 0 Å². The largest absolute Gasteiger partial charge is 0.453 e. The van der Waals surface area contributed by atoms with Crippen molar-refractivity contribution in [3.8, 4) is 34.0 Å². The van der Waals surface area contributed by atoms with Gasteiger partial charge >= 0.3 is 0 Å². The van der Waals surface area contributed by atoms with E-state index in [9.17, 15) is 0 Å². The van der Waals surface area contributed by atoms with E-state index in [0.717, 1.165) is 82.8 Å². The summed E-state index contributed by atoms with van der Waals surface area (Å²) in [6, 6.07) is 68.7. The summed E-state index contributed by atoms with van der Waals surface area (Å²) in [5.74, 6) is 0.687. The van der Waals surface area contributed by atoms with E-state index in [-0.39, 0.29) is 0 Å². The van der Waals surface area contributed by atoms with E-state index in [1.807, 2.05) is 12.1 Å². The molecule has 13 aromatic rings. The molecule has 0 saturated carbocycles. The van der Waals surface area contributed by atoms with Crippen LogP contribution in [0.15, 0.2) is 199 Å². The number of furan rings is 1. The van der Waals surface area contributed by atoms with Crippen LogP contribution in [0.1, 0.15) is 0 Å². The first-order valence-corrected chi connectivity index (χ1v) is 20.0. The van der Waals surface area contributed by atoms with E-state index in [4.69, 9.17) is 14.4 Å². The predicted molar refractivity (Wildman–Crippen MR) is 244 cm³/mol. The first-order chi connectivity index (χ1) is 29.3. The molecule has 4 aromatic heterocycles. The van der Waals surface area contributed by atoms with Gasteiger partial charge in [-0.3, -0.25) is 0 Å². The van der Waals surface area contributed by atoms with E-state index in [1.54, 1.807) is 0 Å². The van der Waals surface area contributed by atoms with Crippen molar-refractivity contribution in [2.75, 3.05) is 0 Å². The minimum Gasteiger partial charge on any atom is -0.453 e. The van der Waals surface area contributed by atoms with Crippen molar-refractivity contribution in [3.05, 3.63) is 194 Å². The third kappa shape index (κ3) is 4.55. The van der Waals surface area contributed by atoms with Crippen LogP contribution in [0.4, 0.5) is 0 Å². The van der Waals surface area contributed by atoms with Gasteiger partial charge in [0.25, 0.3) is 0 Å². The van der Waals surface area contributed by atoms with Crippen LogP contribution in [0.3, 0.4) is 0 Å². The van der Waals surface area contributed by atoms with Gasteiger partial charge in [0, 0.05) is 59.9 Å². The number of para-hydroxylation sites is 5. The lowest BCUT2D eigenvalue weighted by Crippen LogP contribution is -1.96. The Morgan fingerprint density at radius 1 is 0.373 bits per heavy atom. The predicted octanol–water partition coefficient (Wildman–Crippen LogP) is 14.2. The Balaban J connectivity index is 1.10. The Bertz CT molecular complexity index is 3840. The number of nitrogens with zero attached hydrogens (tertiary/aromatic N) is 4. The van der Waals surface area contributed by atoms with Gasteiger partial charge < -0.3 is 13.6 Å². The van der Waals surface area contributed by atoms with Crippen molar-refractivity contribution in [2.24, 2.45) is 0 Å². The fourth-order valence-electron chi connectivity index (χ4n) is 9.61. The lowest BCUT2D eigenvalue weighted by Gasteiger charge is -2.11. The van der Waals surface area contributed by atoms with Gasteiger partial charge in [-0.1, -0.05) is 140 Å². The fourth-order valence-corrected chi connectivity index (χ4v) is 9.61. The van der Waals surface area contributed by atoms with Crippen LogP contribution in [0.5, 0.6) is 0 Å². The zero-order valence-electron chi connectivity index (χ0n) is 31.7. The maximum Gasteiger partial charge on any atom is 0.161 e. The summed E-state index contributed by atoms with van der Waals surface area (Å²) in [6.45, 7) is 0. The lowest BCUT2D eigenvalue weighted by atomic mass is 9.99. The zero-order valence-corrected chi connectivity index (χ0v) is 31.7. The highest BCUT2D eigenvalue weighted by Crippen LogP contribution is 2.45. The van der Waals surface area contributed by atoms with Gasteiger partial charge in [-0.25, -0.2) is 9.97 Å². The van der Waals surface area contributed by atoms with Gasteiger partial charge in [0.15, 0.2) is 11.4 Å². The maximum atomic E-state index is 7.13. The maximum absolute atomic E-state index is 7.13. The van der Waals surface area contributed by atoms with Crippen LogP contribution in [0.2, 0.25) is 0 Å². The summed E-state index contributed by atoms with van der Waals surface area (Å²) in [7, 11) is 0. The van der Waals surface area contributed by atoms with Crippen molar-refractivity contribution in [1.29, 1.82) is 0 Å². The molecule has 0 radical (unpaired) electrons. The van der Waals surface area contributed by atoms with Crippen LogP contribution in [-0.4, -0.2) is 19.1 Å². The number of hydrogen-bond acceptors (Lipinski definition) is 3. The van der Waals surface area contributed by atoms with Gasteiger partial charge in [0.05, 0.1) is 39.0 Å². The minimum absolute atomic E-state index is 0.687. The molecule has 4 heterocycles. The van der Waals surface area contributed by atoms with Crippen molar-refractivity contribution in [1.82, 2.24) is 19.1 Å². The van der Waals surface area contributed by atoms with Crippen molar-refractivity contribution in [2.45, 2.75) is 0 Å². The molecule has 59 heavy (non-hydrogen) atoms. The molecule has 0 fully saturated rings. The number of fused-ring (bicyclic) bond motifs is 13. The minimum atomic E-state index is 0.687. The molecule has 0 saturated heterocycles. The van der Waals surface area contributed by atoms with Gasteiger partial charge in [0.2, 0.25) is 0 Å². The molecule has 13 rings (SSSR count).